The van der Waals surface area contributed by atoms with E-state index in [1.807, 2.05) is 0 Å². The lowest BCUT2D eigenvalue weighted by Gasteiger charge is -2.35. The van der Waals surface area contributed by atoms with E-state index < -0.39 is 35.6 Å². The summed E-state index contributed by atoms with van der Waals surface area (Å²) < 4.78 is 57.9. The molecule has 1 aliphatic rings. The lowest BCUT2D eigenvalue weighted by Crippen LogP contribution is -2.54. The minimum Gasteiger partial charge on any atom is -0.444 e. The van der Waals surface area contributed by atoms with Gasteiger partial charge in [0.2, 0.25) is 5.95 Å². The number of amides is 1. The minimum absolute atomic E-state index is 0.0896. The number of halogens is 4. The number of hydrogen-bond donors (Lipinski definition) is 2. The highest BCUT2D eigenvalue weighted by molar-refractivity contribution is 5.74. The number of nitrogens with zero attached hydrogens (tertiary/aromatic N) is 3. The molecule has 3 rings (SSSR count). The molecule has 2 aromatic heterocycles. The van der Waals surface area contributed by atoms with Crippen molar-refractivity contribution in [1.82, 2.24) is 20.3 Å². The molecule has 154 valence electrons. The topological polar surface area (TPSA) is 83.1 Å². The molecule has 0 unspecified atom stereocenters. The standard InChI is InChI=1S/C17H21F4N5O2/c1-16(2,3)28-15(27)24-12-8-26(5-4-10(12)18)14-23-11-6-9(17(19,20)21)7-22-13(11)25-14/h6-7,10,12H,4-5,8H2,1-3H3,(H,24,27)(H,22,23,25)/t10-,12-/m1/s1. The summed E-state index contributed by atoms with van der Waals surface area (Å²) in [5.41, 5.74) is -1.35. The van der Waals surface area contributed by atoms with Crippen molar-refractivity contribution in [2.45, 2.75) is 51.2 Å². The molecule has 7 nitrogen and oxygen atoms in total. The normalized spacial score (nSPS) is 21.0. The Morgan fingerprint density at radius 3 is 2.71 bits per heavy atom. The van der Waals surface area contributed by atoms with Gasteiger partial charge in [-0.05, 0) is 33.3 Å². The minimum atomic E-state index is -4.51. The zero-order valence-corrected chi connectivity index (χ0v) is 15.6. The number of alkyl carbamates (subject to hydrolysis) is 1. The number of hydrogen-bond acceptors (Lipinski definition) is 5. The molecule has 2 atom stereocenters. The summed E-state index contributed by atoms with van der Waals surface area (Å²) in [5.74, 6) is 0.268. The van der Waals surface area contributed by atoms with Gasteiger partial charge in [-0.25, -0.2) is 14.2 Å². The SMILES string of the molecule is CC(C)(C)OC(=O)N[C@@H]1CN(c2nc3ncc(C(F)(F)F)cc3[nH]2)CC[C@H]1F. The number of imidazole rings is 1. The molecule has 0 aromatic carbocycles. The maximum Gasteiger partial charge on any atom is 0.417 e. The second-order valence-corrected chi connectivity index (χ2v) is 7.66. The third kappa shape index (κ3) is 4.63. The average molecular weight is 403 g/mol. The molecule has 3 heterocycles. The zero-order valence-electron chi connectivity index (χ0n) is 15.6. The predicted octanol–water partition coefficient (Wildman–Crippen LogP) is 3.42. The third-order valence-corrected chi connectivity index (χ3v) is 4.18. The Kier molecular flexibility index (Phi) is 5.11. The van der Waals surface area contributed by atoms with Crippen molar-refractivity contribution in [1.29, 1.82) is 0 Å². The summed E-state index contributed by atoms with van der Waals surface area (Å²) in [4.78, 5) is 24.3. The smallest absolute Gasteiger partial charge is 0.417 e. The van der Waals surface area contributed by atoms with Crippen molar-refractivity contribution < 1.29 is 27.1 Å². The van der Waals surface area contributed by atoms with Crippen LogP contribution in [0, 0.1) is 0 Å². The number of piperidine rings is 1. The number of carbonyl (C=O) groups excluding carboxylic acids is 1. The number of H-pyrrole nitrogens is 1. The number of nitrogens with one attached hydrogen (secondary N) is 2. The summed E-state index contributed by atoms with van der Waals surface area (Å²) in [6.45, 7) is 5.47. The van der Waals surface area contributed by atoms with E-state index in [0.717, 1.165) is 6.07 Å². The van der Waals surface area contributed by atoms with Gasteiger partial charge in [0.05, 0.1) is 17.1 Å². The Hall–Kier alpha value is -2.59. The van der Waals surface area contributed by atoms with Crippen LogP contribution in [0.3, 0.4) is 0 Å². The number of aromatic amines is 1. The van der Waals surface area contributed by atoms with Gasteiger partial charge >= 0.3 is 12.3 Å². The Morgan fingerprint density at radius 1 is 1.36 bits per heavy atom. The molecule has 2 aromatic rings. The fourth-order valence-electron chi connectivity index (χ4n) is 2.90. The maximum atomic E-state index is 14.3. The van der Waals surface area contributed by atoms with Crippen LogP contribution in [0.4, 0.5) is 28.3 Å². The van der Waals surface area contributed by atoms with Gasteiger partial charge in [0.15, 0.2) is 5.65 Å². The second kappa shape index (κ2) is 7.10. The van der Waals surface area contributed by atoms with Gasteiger partial charge in [-0.3, -0.25) is 0 Å². The highest BCUT2D eigenvalue weighted by Crippen LogP contribution is 2.31. The predicted molar refractivity (Wildman–Crippen MR) is 93.8 cm³/mol. The van der Waals surface area contributed by atoms with Crippen molar-refractivity contribution in [2.24, 2.45) is 0 Å². The number of rotatable bonds is 2. The van der Waals surface area contributed by atoms with Crippen LogP contribution < -0.4 is 10.2 Å². The van der Waals surface area contributed by atoms with Crippen molar-refractivity contribution in [3.8, 4) is 0 Å². The molecule has 0 radical (unpaired) electrons. The van der Waals surface area contributed by atoms with E-state index >= 15 is 0 Å². The van der Waals surface area contributed by atoms with E-state index in [-0.39, 0.29) is 30.1 Å². The van der Waals surface area contributed by atoms with Gasteiger partial charge in [0.25, 0.3) is 0 Å². The Morgan fingerprint density at radius 2 is 2.07 bits per heavy atom. The molecular weight excluding hydrogens is 382 g/mol. The Balaban J connectivity index is 1.75. The summed E-state index contributed by atoms with van der Waals surface area (Å²) in [6, 6.07) is 0.0903. The monoisotopic (exact) mass is 403 g/mol. The first kappa shape index (κ1) is 20.2. The molecule has 1 fully saturated rings. The van der Waals surface area contributed by atoms with Crippen LogP contribution in [-0.4, -0.2) is 51.9 Å². The highest BCUT2D eigenvalue weighted by Gasteiger charge is 2.34. The van der Waals surface area contributed by atoms with Gasteiger partial charge in [-0.1, -0.05) is 0 Å². The summed E-state index contributed by atoms with van der Waals surface area (Å²) in [7, 11) is 0. The van der Waals surface area contributed by atoms with Crippen LogP contribution in [0.15, 0.2) is 12.3 Å². The first-order valence-electron chi connectivity index (χ1n) is 8.74. The van der Waals surface area contributed by atoms with Crippen molar-refractivity contribution in [3.63, 3.8) is 0 Å². The summed E-state index contributed by atoms with van der Waals surface area (Å²) in [6.07, 6.45) is -5.68. The quantitative estimate of drug-likeness (QED) is 0.751. The number of ether oxygens (including phenoxy) is 1. The summed E-state index contributed by atoms with van der Waals surface area (Å²) in [5, 5.41) is 2.50. The number of carbonyl (C=O) groups is 1. The van der Waals surface area contributed by atoms with Crippen LogP contribution in [0.5, 0.6) is 0 Å². The molecule has 0 aliphatic carbocycles. The Labute approximate surface area is 158 Å². The number of pyridine rings is 1. The molecule has 0 bridgehead atoms. The van der Waals surface area contributed by atoms with Crippen LogP contribution >= 0.6 is 0 Å². The molecule has 1 saturated heterocycles. The average Bonchev–Trinajstić information content (AvgIpc) is 2.97. The Bertz CT molecular complexity index is 861. The summed E-state index contributed by atoms with van der Waals surface area (Å²) >= 11 is 0. The molecular formula is C17H21F4N5O2. The van der Waals surface area contributed by atoms with Gasteiger partial charge in [0, 0.05) is 19.3 Å². The zero-order chi connectivity index (χ0) is 20.7. The number of alkyl halides is 4. The van der Waals surface area contributed by atoms with Crippen LogP contribution in [0.2, 0.25) is 0 Å². The molecule has 0 saturated carbocycles. The molecule has 1 aliphatic heterocycles. The van der Waals surface area contributed by atoms with Crippen LogP contribution in [0.1, 0.15) is 32.8 Å². The first-order chi connectivity index (χ1) is 12.9. The number of fused-ring (bicyclic) bond motifs is 1. The largest absolute Gasteiger partial charge is 0.444 e. The molecule has 1 amide bonds. The van der Waals surface area contributed by atoms with E-state index in [2.05, 4.69) is 20.3 Å². The third-order valence-electron chi connectivity index (χ3n) is 4.18. The van der Waals surface area contributed by atoms with Crippen molar-refractivity contribution in [3.05, 3.63) is 17.8 Å². The fraction of sp³-hybridized carbons (Fsp3) is 0.588. The number of aromatic nitrogens is 3. The molecule has 28 heavy (non-hydrogen) atoms. The number of anilines is 1. The lowest BCUT2D eigenvalue weighted by molar-refractivity contribution is -0.137. The van der Waals surface area contributed by atoms with Crippen LogP contribution in [0.25, 0.3) is 11.2 Å². The van der Waals surface area contributed by atoms with E-state index in [0.29, 0.717) is 12.7 Å². The first-order valence-corrected chi connectivity index (χ1v) is 8.74. The van der Waals surface area contributed by atoms with Gasteiger partial charge < -0.3 is 19.9 Å². The lowest BCUT2D eigenvalue weighted by atomic mass is 10.0. The maximum absolute atomic E-state index is 14.3. The molecule has 11 heteroatoms. The van der Waals surface area contributed by atoms with Crippen LogP contribution in [-0.2, 0) is 10.9 Å². The van der Waals surface area contributed by atoms with Gasteiger partial charge in [-0.15, -0.1) is 0 Å². The second-order valence-electron chi connectivity index (χ2n) is 7.66. The van der Waals surface area contributed by atoms with E-state index in [1.54, 1.807) is 25.7 Å². The molecule has 0 spiro atoms. The van der Waals surface area contributed by atoms with Gasteiger partial charge in [-0.2, -0.15) is 18.2 Å². The van der Waals surface area contributed by atoms with Crippen molar-refractivity contribution in [2.75, 3.05) is 18.0 Å². The van der Waals surface area contributed by atoms with E-state index in [1.165, 1.54) is 0 Å². The van der Waals surface area contributed by atoms with E-state index in [4.69, 9.17) is 4.74 Å². The molecule has 2 N–H and O–H groups in total. The highest BCUT2D eigenvalue weighted by atomic mass is 19.4. The van der Waals surface area contributed by atoms with Gasteiger partial charge in [0.1, 0.15) is 11.8 Å². The van der Waals surface area contributed by atoms with Crippen molar-refractivity contribution >= 4 is 23.2 Å². The fourth-order valence-corrected chi connectivity index (χ4v) is 2.90. The van der Waals surface area contributed by atoms with E-state index in [9.17, 15) is 22.4 Å².